The van der Waals surface area contributed by atoms with Gasteiger partial charge in [-0.25, -0.2) is 0 Å². The summed E-state index contributed by atoms with van der Waals surface area (Å²) in [5.41, 5.74) is 0. The first kappa shape index (κ1) is 10.5. The van der Waals surface area contributed by atoms with Crippen LogP contribution in [0.5, 0.6) is 0 Å². The number of rotatable bonds is 4. The molecule has 0 saturated carbocycles. The molecule has 1 amide bonds. The fourth-order valence-electron chi connectivity index (χ4n) is 1.63. The minimum Gasteiger partial charge on any atom is -0.394 e. The SMILES string of the molecule is CCOCC(=O)N1CCC[C@H]1CO. The highest BCUT2D eigenvalue weighted by molar-refractivity contribution is 5.78. The number of aliphatic hydroxyl groups is 1. The minimum absolute atomic E-state index is 0.00148. The van der Waals surface area contributed by atoms with Crippen LogP contribution in [0.3, 0.4) is 0 Å². The Bertz CT molecular complexity index is 172. The van der Waals surface area contributed by atoms with E-state index in [2.05, 4.69) is 0 Å². The summed E-state index contributed by atoms with van der Waals surface area (Å²) in [4.78, 5) is 13.2. The predicted octanol–water partition coefficient (Wildman–Crippen LogP) is 0.00620. The lowest BCUT2D eigenvalue weighted by Crippen LogP contribution is -2.39. The van der Waals surface area contributed by atoms with E-state index in [0.717, 1.165) is 19.4 Å². The summed E-state index contributed by atoms with van der Waals surface area (Å²) in [7, 11) is 0. The lowest BCUT2D eigenvalue weighted by Gasteiger charge is -2.22. The third-order valence-corrected chi connectivity index (χ3v) is 2.34. The second kappa shape index (κ2) is 5.19. The molecule has 4 heteroatoms. The molecule has 76 valence electrons. The molecule has 1 rings (SSSR count). The highest BCUT2D eigenvalue weighted by atomic mass is 16.5. The van der Waals surface area contributed by atoms with Gasteiger partial charge in [0.2, 0.25) is 5.91 Å². The molecule has 1 saturated heterocycles. The van der Waals surface area contributed by atoms with E-state index in [0.29, 0.717) is 6.61 Å². The zero-order valence-electron chi connectivity index (χ0n) is 8.03. The van der Waals surface area contributed by atoms with Crippen molar-refractivity contribution in [2.24, 2.45) is 0 Å². The van der Waals surface area contributed by atoms with Crippen LogP contribution in [-0.2, 0) is 9.53 Å². The molecule has 1 heterocycles. The summed E-state index contributed by atoms with van der Waals surface area (Å²) in [5, 5.41) is 8.98. The van der Waals surface area contributed by atoms with Crippen LogP contribution in [0.2, 0.25) is 0 Å². The molecule has 0 bridgehead atoms. The molecule has 1 aliphatic rings. The molecule has 1 aliphatic heterocycles. The van der Waals surface area contributed by atoms with Crippen molar-refractivity contribution in [2.45, 2.75) is 25.8 Å². The molecule has 0 aromatic heterocycles. The summed E-state index contributed by atoms with van der Waals surface area (Å²) < 4.78 is 5.03. The average molecular weight is 187 g/mol. The molecule has 1 fully saturated rings. The molecule has 0 unspecified atom stereocenters. The van der Waals surface area contributed by atoms with Gasteiger partial charge >= 0.3 is 0 Å². The van der Waals surface area contributed by atoms with Gasteiger partial charge in [0.15, 0.2) is 0 Å². The van der Waals surface area contributed by atoms with E-state index in [4.69, 9.17) is 9.84 Å². The summed E-state index contributed by atoms with van der Waals surface area (Å²) in [6, 6.07) is 0.0213. The highest BCUT2D eigenvalue weighted by Crippen LogP contribution is 2.16. The molecule has 0 aromatic rings. The molecular formula is C9H17NO3. The molecule has 0 spiro atoms. The number of amides is 1. The number of hydrogen-bond acceptors (Lipinski definition) is 3. The maximum Gasteiger partial charge on any atom is 0.248 e. The van der Waals surface area contributed by atoms with Crippen molar-refractivity contribution in [3.05, 3.63) is 0 Å². The smallest absolute Gasteiger partial charge is 0.248 e. The lowest BCUT2D eigenvalue weighted by atomic mass is 10.2. The van der Waals surface area contributed by atoms with Crippen LogP contribution in [-0.4, -0.2) is 48.3 Å². The maximum atomic E-state index is 11.5. The van der Waals surface area contributed by atoms with Crippen molar-refractivity contribution in [2.75, 3.05) is 26.4 Å². The van der Waals surface area contributed by atoms with Crippen molar-refractivity contribution in [3.8, 4) is 0 Å². The van der Waals surface area contributed by atoms with Gasteiger partial charge in [0.1, 0.15) is 6.61 Å². The van der Waals surface area contributed by atoms with Gasteiger partial charge in [0.05, 0.1) is 12.6 Å². The summed E-state index contributed by atoms with van der Waals surface area (Å²) in [6.45, 7) is 3.39. The number of aliphatic hydroxyl groups excluding tert-OH is 1. The van der Waals surface area contributed by atoms with E-state index in [9.17, 15) is 4.79 Å². The van der Waals surface area contributed by atoms with E-state index in [1.807, 2.05) is 6.92 Å². The van der Waals surface area contributed by atoms with Crippen LogP contribution < -0.4 is 0 Å². The van der Waals surface area contributed by atoms with Crippen LogP contribution in [0.15, 0.2) is 0 Å². The van der Waals surface area contributed by atoms with Gasteiger partial charge in [-0.2, -0.15) is 0 Å². The topological polar surface area (TPSA) is 49.8 Å². The normalized spacial score (nSPS) is 22.3. The Morgan fingerprint density at radius 1 is 1.69 bits per heavy atom. The van der Waals surface area contributed by atoms with Crippen LogP contribution in [0.25, 0.3) is 0 Å². The third kappa shape index (κ3) is 2.67. The Kier molecular flexibility index (Phi) is 4.18. The Labute approximate surface area is 78.5 Å². The Morgan fingerprint density at radius 3 is 3.08 bits per heavy atom. The highest BCUT2D eigenvalue weighted by Gasteiger charge is 2.27. The first-order valence-electron chi connectivity index (χ1n) is 4.77. The quantitative estimate of drug-likeness (QED) is 0.674. The Hall–Kier alpha value is -0.610. The molecule has 1 atom stereocenters. The Balaban J connectivity index is 2.36. The van der Waals surface area contributed by atoms with Crippen molar-refractivity contribution in [3.63, 3.8) is 0 Å². The summed E-state index contributed by atoms with van der Waals surface area (Å²) in [5.74, 6) is -0.00148. The van der Waals surface area contributed by atoms with E-state index < -0.39 is 0 Å². The van der Waals surface area contributed by atoms with Gasteiger partial charge in [-0.3, -0.25) is 4.79 Å². The lowest BCUT2D eigenvalue weighted by molar-refractivity contribution is -0.137. The van der Waals surface area contributed by atoms with Crippen molar-refractivity contribution in [1.29, 1.82) is 0 Å². The standard InChI is InChI=1S/C9H17NO3/c1-2-13-7-9(12)10-5-3-4-8(10)6-11/h8,11H,2-7H2,1H3/t8-/m0/s1. The molecule has 0 radical (unpaired) electrons. The second-order valence-corrected chi connectivity index (χ2v) is 3.20. The van der Waals surface area contributed by atoms with Gasteiger partial charge in [0.25, 0.3) is 0 Å². The average Bonchev–Trinajstić information content (AvgIpc) is 2.61. The number of nitrogens with zero attached hydrogens (tertiary/aromatic N) is 1. The predicted molar refractivity (Wildman–Crippen MR) is 48.3 cm³/mol. The molecule has 0 aliphatic carbocycles. The largest absolute Gasteiger partial charge is 0.394 e. The molecule has 1 N–H and O–H groups in total. The van der Waals surface area contributed by atoms with E-state index >= 15 is 0 Å². The first-order chi connectivity index (χ1) is 6.29. The first-order valence-corrected chi connectivity index (χ1v) is 4.77. The molecule has 0 aromatic carbocycles. The second-order valence-electron chi connectivity index (χ2n) is 3.20. The van der Waals surface area contributed by atoms with Gasteiger partial charge in [-0.1, -0.05) is 0 Å². The van der Waals surface area contributed by atoms with Crippen LogP contribution >= 0.6 is 0 Å². The minimum atomic E-state index is -0.00148. The van der Waals surface area contributed by atoms with E-state index in [1.54, 1.807) is 4.90 Å². The third-order valence-electron chi connectivity index (χ3n) is 2.34. The monoisotopic (exact) mass is 187 g/mol. The van der Waals surface area contributed by atoms with Crippen LogP contribution in [0.1, 0.15) is 19.8 Å². The fraction of sp³-hybridized carbons (Fsp3) is 0.889. The van der Waals surface area contributed by atoms with Gasteiger partial charge < -0.3 is 14.7 Å². The molecule has 4 nitrogen and oxygen atoms in total. The number of carbonyl (C=O) groups is 1. The number of ether oxygens (including phenoxy) is 1. The number of likely N-dealkylation sites (tertiary alicyclic amines) is 1. The van der Waals surface area contributed by atoms with Crippen molar-refractivity contribution < 1.29 is 14.6 Å². The number of carbonyl (C=O) groups excluding carboxylic acids is 1. The summed E-state index contributed by atoms with van der Waals surface area (Å²) >= 11 is 0. The van der Waals surface area contributed by atoms with Gasteiger partial charge in [0, 0.05) is 13.2 Å². The molecular weight excluding hydrogens is 170 g/mol. The van der Waals surface area contributed by atoms with Gasteiger partial charge in [-0.15, -0.1) is 0 Å². The van der Waals surface area contributed by atoms with Crippen molar-refractivity contribution in [1.82, 2.24) is 4.90 Å². The van der Waals surface area contributed by atoms with Crippen LogP contribution in [0, 0.1) is 0 Å². The van der Waals surface area contributed by atoms with Crippen LogP contribution in [0.4, 0.5) is 0 Å². The van der Waals surface area contributed by atoms with Gasteiger partial charge in [-0.05, 0) is 19.8 Å². The zero-order valence-corrected chi connectivity index (χ0v) is 8.03. The van der Waals surface area contributed by atoms with Crippen molar-refractivity contribution >= 4 is 5.91 Å². The van der Waals surface area contributed by atoms with E-state index in [-0.39, 0.29) is 25.2 Å². The fourth-order valence-corrected chi connectivity index (χ4v) is 1.63. The zero-order chi connectivity index (χ0) is 9.68. The maximum absolute atomic E-state index is 11.5. The van der Waals surface area contributed by atoms with E-state index in [1.165, 1.54) is 0 Å². The molecule has 13 heavy (non-hydrogen) atoms. The Morgan fingerprint density at radius 2 is 2.46 bits per heavy atom. The number of hydrogen-bond donors (Lipinski definition) is 1. The summed E-state index contributed by atoms with van der Waals surface area (Å²) in [6.07, 6.45) is 1.90.